The van der Waals surface area contributed by atoms with Gasteiger partial charge in [-0.15, -0.1) is 11.3 Å². The zero-order chi connectivity index (χ0) is 15.7. The summed E-state index contributed by atoms with van der Waals surface area (Å²) in [6.07, 6.45) is 3.03. The summed E-state index contributed by atoms with van der Waals surface area (Å²) in [5, 5.41) is 14.8. The Labute approximate surface area is 137 Å². The van der Waals surface area contributed by atoms with Crippen molar-refractivity contribution in [3.63, 3.8) is 0 Å². The fourth-order valence-corrected chi connectivity index (χ4v) is 3.40. The Bertz CT molecular complexity index is 789. The van der Waals surface area contributed by atoms with Crippen LogP contribution >= 0.6 is 27.3 Å². The largest absolute Gasteiger partial charge is 0.478 e. The molecular formula is C14H9BrFN3O2S. The number of rotatable bonds is 3. The van der Waals surface area contributed by atoms with Gasteiger partial charge in [0, 0.05) is 16.0 Å². The van der Waals surface area contributed by atoms with Gasteiger partial charge in [-0.05, 0) is 17.7 Å². The van der Waals surface area contributed by atoms with Crippen LogP contribution in [0.15, 0.2) is 44.8 Å². The standard InChI is InChI=1S/C14H9BrFN3O2S/c15-9-5-7(16)1-2-8(9)11-10(14(20)21)12(19-6-18-11)13-17-3-4-22-13/h1-6,11H,(H,18,19)(H,20,21). The van der Waals surface area contributed by atoms with Crippen molar-refractivity contribution in [1.82, 2.24) is 10.3 Å². The summed E-state index contributed by atoms with van der Waals surface area (Å²) in [6, 6.07) is 3.35. The van der Waals surface area contributed by atoms with Crippen LogP contribution in [0.2, 0.25) is 0 Å². The second-order valence-corrected chi connectivity index (χ2v) is 6.17. The van der Waals surface area contributed by atoms with Crippen LogP contribution in [0.5, 0.6) is 0 Å². The van der Waals surface area contributed by atoms with Gasteiger partial charge in [-0.3, -0.25) is 4.99 Å². The molecule has 22 heavy (non-hydrogen) atoms. The molecule has 1 aliphatic rings. The summed E-state index contributed by atoms with van der Waals surface area (Å²) in [4.78, 5) is 20.1. The van der Waals surface area contributed by atoms with E-state index in [0.717, 1.165) is 0 Å². The normalized spacial score (nSPS) is 17.5. The average Bonchev–Trinajstić information content (AvgIpc) is 3.00. The van der Waals surface area contributed by atoms with E-state index in [1.165, 1.54) is 35.9 Å². The van der Waals surface area contributed by atoms with E-state index in [9.17, 15) is 14.3 Å². The molecule has 0 fully saturated rings. The zero-order valence-corrected chi connectivity index (χ0v) is 13.4. The van der Waals surface area contributed by atoms with Crippen molar-refractivity contribution in [1.29, 1.82) is 0 Å². The first-order valence-corrected chi connectivity index (χ1v) is 7.85. The van der Waals surface area contributed by atoms with Crippen molar-refractivity contribution in [2.75, 3.05) is 0 Å². The van der Waals surface area contributed by atoms with Crippen molar-refractivity contribution in [2.45, 2.75) is 6.04 Å². The minimum absolute atomic E-state index is 0.0739. The highest BCUT2D eigenvalue weighted by molar-refractivity contribution is 9.10. The van der Waals surface area contributed by atoms with E-state index in [1.807, 2.05) is 0 Å². The number of carboxylic acids is 1. The van der Waals surface area contributed by atoms with Crippen molar-refractivity contribution in [2.24, 2.45) is 4.99 Å². The second-order valence-electron chi connectivity index (χ2n) is 4.42. The van der Waals surface area contributed by atoms with Gasteiger partial charge in [0.2, 0.25) is 0 Å². The third-order valence-corrected chi connectivity index (χ3v) is 4.59. The SMILES string of the molecule is O=C(O)C1=C(c2nccs2)NC=NC1c1ccc(F)cc1Br. The number of nitrogens with one attached hydrogen (secondary N) is 1. The van der Waals surface area contributed by atoms with E-state index in [-0.39, 0.29) is 5.57 Å². The maximum atomic E-state index is 13.3. The van der Waals surface area contributed by atoms with Crippen molar-refractivity contribution >= 4 is 45.3 Å². The van der Waals surface area contributed by atoms with Crippen LogP contribution in [0.4, 0.5) is 4.39 Å². The van der Waals surface area contributed by atoms with Gasteiger partial charge in [0.15, 0.2) is 0 Å². The maximum absolute atomic E-state index is 13.3. The number of hydrogen-bond donors (Lipinski definition) is 2. The zero-order valence-electron chi connectivity index (χ0n) is 11.0. The minimum atomic E-state index is -1.10. The van der Waals surface area contributed by atoms with Crippen LogP contribution in [0, 0.1) is 5.82 Å². The van der Waals surface area contributed by atoms with Gasteiger partial charge < -0.3 is 10.4 Å². The molecule has 5 nitrogen and oxygen atoms in total. The molecule has 1 aliphatic heterocycles. The van der Waals surface area contributed by atoms with E-state index in [2.05, 4.69) is 31.2 Å². The quantitative estimate of drug-likeness (QED) is 0.855. The molecule has 0 aliphatic carbocycles. The number of nitrogens with zero attached hydrogens (tertiary/aromatic N) is 2. The van der Waals surface area contributed by atoms with E-state index in [4.69, 9.17) is 0 Å². The molecule has 1 aromatic heterocycles. The number of carboxylic acid groups (broad SMARTS) is 1. The maximum Gasteiger partial charge on any atom is 0.336 e. The van der Waals surface area contributed by atoms with Gasteiger partial charge >= 0.3 is 5.97 Å². The molecule has 112 valence electrons. The molecule has 0 amide bonds. The molecule has 1 unspecified atom stereocenters. The van der Waals surface area contributed by atoms with E-state index in [1.54, 1.807) is 11.6 Å². The lowest BCUT2D eigenvalue weighted by molar-refractivity contribution is -0.132. The average molecular weight is 382 g/mol. The van der Waals surface area contributed by atoms with Crippen LogP contribution in [0.3, 0.4) is 0 Å². The van der Waals surface area contributed by atoms with Crippen molar-refractivity contribution in [3.05, 3.63) is 56.2 Å². The Balaban J connectivity index is 2.15. The number of aliphatic carboxylic acids is 1. The smallest absolute Gasteiger partial charge is 0.336 e. The van der Waals surface area contributed by atoms with Crippen LogP contribution in [-0.4, -0.2) is 22.4 Å². The monoisotopic (exact) mass is 381 g/mol. The predicted octanol–water partition coefficient (Wildman–Crippen LogP) is 3.21. The van der Waals surface area contributed by atoms with E-state index >= 15 is 0 Å². The highest BCUT2D eigenvalue weighted by Gasteiger charge is 2.31. The lowest BCUT2D eigenvalue weighted by atomic mass is 9.96. The topological polar surface area (TPSA) is 74.6 Å². The van der Waals surface area contributed by atoms with Gasteiger partial charge in [-0.2, -0.15) is 0 Å². The van der Waals surface area contributed by atoms with Crippen LogP contribution < -0.4 is 5.32 Å². The third-order valence-electron chi connectivity index (χ3n) is 3.11. The number of thiazole rings is 1. The predicted molar refractivity (Wildman–Crippen MR) is 85.1 cm³/mol. The Morgan fingerprint density at radius 1 is 1.45 bits per heavy atom. The van der Waals surface area contributed by atoms with E-state index < -0.39 is 17.8 Å². The van der Waals surface area contributed by atoms with Gasteiger partial charge in [-0.1, -0.05) is 22.0 Å². The summed E-state index contributed by atoms with van der Waals surface area (Å²) in [7, 11) is 0. The summed E-state index contributed by atoms with van der Waals surface area (Å²) < 4.78 is 13.7. The van der Waals surface area contributed by atoms with Gasteiger partial charge in [-0.25, -0.2) is 14.2 Å². The molecule has 0 spiro atoms. The number of halogens is 2. The number of aliphatic imine (C=N–C) groups is 1. The Kier molecular flexibility index (Phi) is 4.04. The Morgan fingerprint density at radius 3 is 2.91 bits per heavy atom. The second kappa shape index (κ2) is 5.98. The lowest BCUT2D eigenvalue weighted by Crippen LogP contribution is -2.25. The molecule has 2 N–H and O–H groups in total. The summed E-state index contributed by atoms with van der Waals surface area (Å²) in [6.45, 7) is 0. The molecule has 8 heteroatoms. The molecular weight excluding hydrogens is 373 g/mol. The van der Waals surface area contributed by atoms with E-state index in [0.29, 0.717) is 20.7 Å². The molecule has 1 aromatic carbocycles. The number of carbonyl (C=O) groups is 1. The molecule has 2 aromatic rings. The molecule has 1 atom stereocenters. The number of aromatic nitrogens is 1. The third kappa shape index (κ3) is 2.67. The summed E-state index contributed by atoms with van der Waals surface area (Å²) in [5.74, 6) is -1.51. The minimum Gasteiger partial charge on any atom is -0.478 e. The van der Waals surface area contributed by atoms with Crippen molar-refractivity contribution in [3.8, 4) is 0 Å². The lowest BCUT2D eigenvalue weighted by Gasteiger charge is -2.22. The van der Waals surface area contributed by atoms with Gasteiger partial charge in [0.25, 0.3) is 0 Å². The Morgan fingerprint density at radius 2 is 2.27 bits per heavy atom. The fourth-order valence-electron chi connectivity index (χ4n) is 2.17. The van der Waals surface area contributed by atoms with Crippen molar-refractivity contribution < 1.29 is 14.3 Å². The molecule has 0 radical (unpaired) electrons. The highest BCUT2D eigenvalue weighted by Crippen LogP contribution is 2.37. The van der Waals surface area contributed by atoms with Crippen LogP contribution in [-0.2, 0) is 4.79 Å². The Hall–Kier alpha value is -2.06. The molecule has 0 bridgehead atoms. The van der Waals surface area contributed by atoms with Crippen LogP contribution in [0.25, 0.3) is 5.70 Å². The summed E-state index contributed by atoms with van der Waals surface area (Å²) in [5.41, 5.74) is 1.05. The number of hydrogen-bond acceptors (Lipinski definition) is 5. The fraction of sp³-hybridized carbons (Fsp3) is 0.0714. The number of benzene rings is 1. The molecule has 0 saturated carbocycles. The van der Waals surface area contributed by atoms with Crippen LogP contribution in [0.1, 0.15) is 16.6 Å². The molecule has 2 heterocycles. The first-order chi connectivity index (χ1) is 10.6. The highest BCUT2D eigenvalue weighted by atomic mass is 79.9. The first-order valence-electron chi connectivity index (χ1n) is 6.18. The molecule has 0 saturated heterocycles. The molecule has 3 rings (SSSR count). The van der Waals surface area contributed by atoms with Gasteiger partial charge in [0.1, 0.15) is 16.9 Å². The first kappa shape index (κ1) is 14.9. The summed E-state index contributed by atoms with van der Waals surface area (Å²) >= 11 is 4.59. The van der Waals surface area contributed by atoms with Gasteiger partial charge in [0.05, 0.1) is 17.6 Å².